The van der Waals surface area contributed by atoms with E-state index < -0.39 is 47.8 Å². The van der Waals surface area contributed by atoms with Crippen LogP contribution in [-0.4, -0.2) is 47.4 Å². The average Bonchev–Trinajstić information content (AvgIpc) is 3.41. The molecule has 0 fully saturated rings. The Labute approximate surface area is 209 Å². The second-order valence-electron chi connectivity index (χ2n) is 8.83. The largest absolute Gasteiger partial charge is 0.505 e. The molecular weight excluding hydrogens is 520 g/mol. The molecule has 1 amide bonds. The van der Waals surface area contributed by atoms with Crippen LogP contribution in [0, 0.1) is 5.82 Å². The van der Waals surface area contributed by atoms with Gasteiger partial charge in [0.2, 0.25) is 5.91 Å². The van der Waals surface area contributed by atoms with Crippen molar-refractivity contribution in [1.82, 2.24) is 24.3 Å². The predicted molar refractivity (Wildman–Crippen MR) is 121 cm³/mol. The number of rotatable bonds is 5. The molecule has 1 aliphatic rings. The van der Waals surface area contributed by atoms with E-state index in [4.69, 9.17) is 5.73 Å². The number of aromatic hydroxyl groups is 1. The summed E-state index contributed by atoms with van der Waals surface area (Å²) >= 11 is 0. The number of amides is 1. The van der Waals surface area contributed by atoms with Gasteiger partial charge in [0.15, 0.2) is 23.0 Å². The molecular formula is C23H17F6N7O2. The normalized spacial score (nSPS) is 17.6. The van der Waals surface area contributed by atoms with Crippen molar-refractivity contribution in [3.05, 3.63) is 59.4 Å². The molecule has 0 saturated heterocycles. The van der Waals surface area contributed by atoms with E-state index in [1.807, 2.05) is 0 Å². The van der Waals surface area contributed by atoms with E-state index >= 15 is 0 Å². The Kier molecular flexibility index (Phi) is 5.50. The Morgan fingerprint density at radius 1 is 1.16 bits per heavy atom. The number of hydrogen-bond acceptors (Lipinski definition) is 7. The van der Waals surface area contributed by atoms with Crippen molar-refractivity contribution in [1.29, 1.82) is 0 Å². The third kappa shape index (κ3) is 3.85. The van der Waals surface area contributed by atoms with E-state index in [0.717, 1.165) is 12.1 Å². The Morgan fingerprint density at radius 2 is 1.89 bits per heavy atom. The van der Waals surface area contributed by atoms with Gasteiger partial charge in [0.1, 0.15) is 22.7 Å². The van der Waals surface area contributed by atoms with Gasteiger partial charge in [-0.15, -0.1) is 0 Å². The monoisotopic (exact) mass is 537 g/mol. The van der Waals surface area contributed by atoms with E-state index in [-0.39, 0.29) is 45.6 Å². The number of imidazole rings is 1. The number of nitrogens with one attached hydrogen (secondary N) is 1. The molecule has 3 aromatic heterocycles. The van der Waals surface area contributed by atoms with Gasteiger partial charge in [0, 0.05) is 25.0 Å². The first-order valence-corrected chi connectivity index (χ1v) is 11.0. The standard InChI is InChI=1S/C23H17F6N7O2/c1-21(10-2-3-14(37)11(24)8-10)15-16(30)33-17(34-18(15)35-20(21)38)13-9-36-7-6-31-19(36)12(32-13)4-5-22(25,26)23(27,28)29/h2-3,6-9,37H,4-5H2,1H3,(H3,30,33,34,35,38)/t21-/m1/s1. The Morgan fingerprint density at radius 3 is 2.58 bits per heavy atom. The quantitative estimate of drug-likeness (QED) is 0.328. The highest BCUT2D eigenvalue weighted by atomic mass is 19.4. The molecule has 198 valence electrons. The van der Waals surface area contributed by atoms with Crippen molar-refractivity contribution in [2.24, 2.45) is 0 Å². The lowest BCUT2D eigenvalue weighted by molar-refractivity contribution is -0.284. The van der Waals surface area contributed by atoms with Crippen molar-refractivity contribution in [2.45, 2.75) is 37.3 Å². The van der Waals surface area contributed by atoms with Gasteiger partial charge in [-0.1, -0.05) is 6.07 Å². The highest BCUT2D eigenvalue weighted by Crippen LogP contribution is 2.45. The predicted octanol–water partition coefficient (Wildman–Crippen LogP) is 4.00. The summed E-state index contributed by atoms with van der Waals surface area (Å²) in [5.41, 5.74) is 4.83. The van der Waals surface area contributed by atoms with Crippen LogP contribution in [-0.2, 0) is 16.6 Å². The number of fused-ring (bicyclic) bond motifs is 2. The van der Waals surface area contributed by atoms with Gasteiger partial charge >= 0.3 is 12.1 Å². The number of nitrogens with zero attached hydrogens (tertiary/aromatic N) is 5. The van der Waals surface area contributed by atoms with Crippen molar-refractivity contribution < 1.29 is 36.2 Å². The van der Waals surface area contributed by atoms with Gasteiger partial charge in [-0.05, 0) is 31.0 Å². The number of carbonyl (C=O) groups excluding carboxylic acids is 1. The number of hydrogen-bond donors (Lipinski definition) is 3. The lowest BCUT2D eigenvalue weighted by Gasteiger charge is -2.23. The van der Waals surface area contributed by atoms with E-state index in [1.54, 1.807) is 0 Å². The molecule has 0 unspecified atom stereocenters. The lowest BCUT2D eigenvalue weighted by Crippen LogP contribution is -2.36. The van der Waals surface area contributed by atoms with Crippen molar-refractivity contribution in [2.75, 3.05) is 11.1 Å². The number of anilines is 2. The van der Waals surface area contributed by atoms with Gasteiger partial charge in [-0.25, -0.2) is 24.3 Å². The summed E-state index contributed by atoms with van der Waals surface area (Å²) in [6, 6.07) is 3.41. The second kappa shape index (κ2) is 8.29. The molecule has 0 spiro atoms. The molecule has 0 radical (unpaired) electrons. The molecule has 1 atom stereocenters. The van der Waals surface area contributed by atoms with Gasteiger partial charge in [-0.3, -0.25) is 4.79 Å². The van der Waals surface area contributed by atoms with Crippen LogP contribution in [0.3, 0.4) is 0 Å². The minimum atomic E-state index is -5.72. The Balaban J connectivity index is 1.57. The SMILES string of the molecule is C[C@]1(c2ccc(O)c(F)c2)C(=O)Nc2nc(-c3cn4ccnc4c(CCC(F)(F)C(F)(F)F)n3)nc(N)c21. The molecule has 4 heterocycles. The summed E-state index contributed by atoms with van der Waals surface area (Å²) in [7, 11) is 0. The molecule has 4 N–H and O–H groups in total. The number of aromatic nitrogens is 5. The summed E-state index contributed by atoms with van der Waals surface area (Å²) in [5, 5.41) is 12.1. The highest BCUT2D eigenvalue weighted by molar-refractivity contribution is 6.09. The molecule has 4 aromatic rings. The maximum atomic E-state index is 14.1. The van der Waals surface area contributed by atoms with E-state index in [0.29, 0.717) is 0 Å². The van der Waals surface area contributed by atoms with Crippen LogP contribution in [0.15, 0.2) is 36.8 Å². The maximum absolute atomic E-state index is 14.1. The van der Waals surface area contributed by atoms with Crippen LogP contribution in [0.1, 0.15) is 30.2 Å². The first-order chi connectivity index (χ1) is 17.7. The van der Waals surface area contributed by atoms with Crippen LogP contribution in [0.2, 0.25) is 0 Å². The number of nitrogen functional groups attached to an aromatic ring is 1. The van der Waals surface area contributed by atoms with Crippen LogP contribution < -0.4 is 11.1 Å². The number of halogens is 6. The van der Waals surface area contributed by atoms with Crippen LogP contribution >= 0.6 is 0 Å². The van der Waals surface area contributed by atoms with E-state index in [2.05, 4.69) is 25.3 Å². The second-order valence-corrected chi connectivity index (χ2v) is 8.83. The lowest BCUT2D eigenvalue weighted by atomic mass is 9.77. The fraction of sp³-hybridized carbons (Fsp3) is 0.261. The van der Waals surface area contributed by atoms with E-state index in [1.165, 1.54) is 36.0 Å². The zero-order chi connectivity index (χ0) is 27.6. The number of phenols is 1. The Hall–Kier alpha value is -4.43. The molecule has 5 rings (SSSR count). The summed E-state index contributed by atoms with van der Waals surface area (Å²) in [6.07, 6.45) is -3.92. The number of aryl methyl sites for hydroxylation is 1. The number of alkyl halides is 5. The first kappa shape index (κ1) is 25.2. The number of benzene rings is 1. The third-order valence-corrected chi connectivity index (χ3v) is 6.41. The fourth-order valence-electron chi connectivity index (χ4n) is 4.30. The Bertz CT molecular complexity index is 1600. The summed E-state index contributed by atoms with van der Waals surface area (Å²) in [5.74, 6) is -7.47. The molecule has 9 nitrogen and oxygen atoms in total. The molecule has 0 bridgehead atoms. The topological polar surface area (TPSA) is 131 Å². The molecule has 1 aliphatic heterocycles. The maximum Gasteiger partial charge on any atom is 0.453 e. The molecule has 1 aromatic carbocycles. The smallest absolute Gasteiger partial charge is 0.453 e. The number of phenolic OH excluding ortho intramolecular Hbond substituents is 1. The first-order valence-electron chi connectivity index (χ1n) is 11.0. The molecule has 0 saturated carbocycles. The van der Waals surface area contributed by atoms with Crippen molar-refractivity contribution in [3.8, 4) is 17.3 Å². The zero-order valence-corrected chi connectivity index (χ0v) is 19.3. The summed E-state index contributed by atoms with van der Waals surface area (Å²) in [6.45, 7) is 1.47. The minimum absolute atomic E-state index is 0.0221. The molecule has 38 heavy (non-hydrogen) atoms. The van der Waals surface area contributed by atoms with Gasteiger partial charge in [0.05, 0.1) is 11.3 Å². The number of nitrogens with two attached hydrogens (primary N) is 1. The number of carbonyl (C=O) groups is 1. The minimum Gasteiger partial charge on any atom is -0.505 e. The highest BCUT2D eigenvalue weighted by Gasteiger charge is 2.56. The van der Waals surface area contributed by atoms with Gasteiger partial charge in [0.25, 0.3) is 0 Å². The molecule has 15 heteroatoms. The third-order valence-electron chi connectivity index (χ3n) is 6.41. The zero-order valence-electron chi connectivity index (χ0n) is 19.3. The van der Waals surface area contributed by atoms with Gasteiger partial charge < -0.3 is 20.6 Å². The van der Waals surface area contributed by atoms with Crippen LogP contribution in [0.4, 0.5) is 38.0 Å². The van der Waals surface area contributed by atoms with Crippen LogP contribution in [0.25, 0.3) is 17.2 Å². The average molecular weight is 537 g/mol. The van der Waals surface area contributed by atoms with Crippen molar-refractivity contribution in [3.63, 3.8) is 0 Å². The molecule has 0 aliphatic carbocycles. The fourth-order valence-corrected chi connectivity index (χ4v) is 4.30. The van der Waals surface area contributed by atoms with Crippen molar-refractivity contribution >= 4 is 23.2 Å². The summed E-state index contributed by atoms with van der Waals surface area (Å²) in [4.78, 5) is 29.6. The van der Waals surface area contributed by atoms with Gasteiger partial charge in [-0.2, -0.15) is 22.0 Å². The van der Waals surface area contributed by atoms with E-state index in [9.17, 15) is 36.2 Å². The summed E-state index contributed by atoms with van der Waals surface area (Å²) < 4.78 is 80.6. The van der Waals surface area contributed by atoms with Crippen LogP contribution in [0.5, 0.6) is 5.75 Å².